The molecule has 3 aromatic rings. The molecule has 0 radical (unpaired) electrons. The van der Waals surface area contributed by atoms with Crippen LogP contribution < -0.4 is 4.74 Å². The lowest BCUT2D eigenvalue weighted by Crippen LogP contribution is -2.32. The van der Waals surface area contributed by atoms with Gasteiger partial charge in [-0.2, -0.15) is 0 Å². The van der Waals surface area contributed by atoms with Crippen molar-refractivity contribution in [2.75, 3.05) is 33.0 Å². The molecule has 0 bridgehead atoms. The van der Waals surface area contributed by atoms with Gasteiger partial charge in [-0.25, -0.2) is 9.59 Å². The zero-order valence-electron chi connectivity index (χ0n) is 30.8. The van der Waals surface area contributed by atoms with Gasteiger partial charge in [-0.3, -0.25) is 0 Å². The fourth-order valence-corrected chi connectivity index (χ4v) is 6.35. The van der Waals surface area contributed by atoms with Gasteiger partial charge in [0.15, 0.2) is 0 Å². The lowest BCUT2D eigenvalue weighted by Gasteiger charge is -2.30. The van der Waals surface area contributed by atoms with E-state index in [9.17, 15) is 19.8 Å². The average molecular weight is 697 g/mol. The van der Waals surface area contributed by atoms with E-state index in [1.807, 2.05) is 6.07 Å². The molecular weight excluding hydrogens is 640 g/mol. The van der Waals surface area contributed by atoms with Gasteiger partial charge >= 0.3 is 11.9 Å². The first-order valence-corrected chi connectivity index (χ1v) is 18.5. The van der Waals surface area contributed by atoms with Gasteiger partial charge in [-0.1, -0.05) is 81.5 Å². The summed E-state index contributed by atoms with van der Waals surface area (Å²) in [5.41, 5.74) is 8.08. The molecule has 7 nitrogen and oxygen atoms in total. The van der Waals surface area contributed by atoms with Gasteiger partial charge in [0.2, 0.25) is 0 Å². The second kappa shape index (κ2) is 19.4. The number of unbranched alkanes of at least 4 members (excludes halogenated alkanes) is 1. The van der Waals surface area contributed by atoms with E-state index in [2.05, 4.69) is 74.7 Å². The highest BCUT2D eigenvalue weighted by Crippen LogP contribution is 2.47. The van der Waals surface area contributed by atoms with Crippen molar-refractivity contribution in [1.82, 2.24) is 0 Å². The number of hydrogen-bond acceptors (Lipinski definition) is 7. The van der Waals surface area contributed by atoms with E-state index in [1.54, 1.807) is 13.8 Å². The van der Waals surface area contributed by atoms with Crippen LogP contribution in [0.4, 0.5) is 0 Å². The smallest absolute Gasteiger partial charge is 0.333 e. The summed E-state index contributed by atoms with van der Waals surface area (Å²) in [6, 6.07) is 21.6. The van der Waals surface area contributed by atoms with Gasteiger partial charge in [-0.15, -0.1) is 0 Å². The number of benzene rings is 3. The third-order valence-corrected chi connectivity index (χ3v) is 9.68. The Labute approximate surface area is 304 Å². The fraction of sp³-hybridized carbons (Fsp3) is 0.455. The van der Waals surface area contributed by atoms with Gasteiger partial charge in [-0.05, 0) is 122 Å². The summed E-state index contributed by atoms with van der Waals surface area (Å²) in [5.74, 6) is 0.441. The van der Waals surface area contributed by atoms with Crippen molar-refractivity contribution in [3.05, 3.63) is 102 Å². The van der Waals surface area contributed by atoms with E-state index < -0.39 is 17.4 Å². The highest BCUT2D eigenvalue weighted by Gasteiger charge is 2.30. The van der Waals surface area contributed by atoms with Crippen LogP contribution in [-0.2, 0) is 31.9 Å². The Bertz CT molecular complexity index is 1580. The molecule has 0 saturated heterocycles. The Morgan fingerprint density at radius 1 is 0.745 bits per heavy atom. The SMILES string of the molecule is C=C(C)C(=O)OCCCc1cc(-c2ccc(-c3ccccc3)cc2C2CC2)cc(CCCOC(=O)C(=C)C)c1OCCC(CO)(CO)CCCC. The number of aliphatic hydroxyl groups is 2. The predicted molar refractivity (Wildman–Crippen MR) is 204 cm³/mol. The number of esters is 2. The largest absolute Gasteiger partial charge is 0.493 e. The maximum absolute atomic E-state index is 12.1. The van der Waals surface area contributed by atoms with E-state index in [0.717, 1.165) is 48.1 Å². The summed E-state index contributed by atoms with van der Waals surface area (Å²) >= 11 is 0. The standard InChI is InChI=1S/C44H56O7/c1-6-7-21-44(29-45,30-46)22-25-49-41-36(15-11-23-50-42(47)31(2)3)26-38(27-37(41)16-12-24-51-43(48)32(4)5)39-20-19-35(28-40(39)34-17-18-34)33-13-9-8-10-14-33/h8-10,13-14,19-20,26-28,34,45-46H,2,4,6-7,11-12,15-18,21-25,29-30H2,1,3,5H3. The third-order valence-electron chi connectivity index (χ3n) is 9.68. The maximum Gasteiger partial charge on any atom is 0.333 e. The van der Waals surface area contributed by atoms with Gasteiger partial charge in [0.1, 0.15) is 5.75 Å². The zero-order chi connectivity index (χ0) is 36.8. The van der Waals surface area contributed by atoms with Crippen LogP contribution in [0.2, 0.25) is 0 Å². The summed E-state index contributed by atoms with van der Waals surface area (Å²) in [4.78, 5) is 24.3. The molecule has 0 spiro atoms. The highest BCUT2D eigenvalue weighted by molar-refractivity contribution is 5.87. The van der Waals surface area contributed by atoms with Crippen LogP contribution in [0, 0.1) is 5.41 Å². The third kappa shape index (κ3) is 11.4. The first kappa shape index (κ1) is 39.6. The van der Waals surface area contributed by atoms with Crippen molar-refractivity contribution >= 4 is 11.9 Å². The molecule has 0 aliphatic heterocycles. The summed E-state index contributed by atoms with van der Waals surface area (Å²) in [6.07, 6.45) is 7.79. The van der Waals surface area contributed by atoms with Crippen molar-refractivity contribution in [3.63, 3.8) is 0 Å². The Kier molecular flexibility index (Phi) is 15.1. The second-order valence-electron chi connectivity index (χ2n) is 14.1. The number of carbonyl (C=O) groups excluding carboxylic acids is 2. The van der Waals surface area contributed by atoms with E-state index in [1.165, 1.54) is 22.3 Å². The topological polar surface area (TPSA) is 102 Å². The Balaban J connectivity index is 1.73. The normalized spacial score (nSPS) is 12.7. The van der Waals surface area contributed by atoms with Crippen molar-refractivity contribution in [2.45, 2.75) is 90.9 Å². The second-order valence-corrected chi connectivity index (χ2v) is 14.1. The quantitative estimate of drug-likeness (QED) is 0.0615. The minimum Gasteiger partial charge on any atom is -0.493 e. The monoisotopic (exact) mass is 696 g/mol. The van der Waals surface area contributed by atoms with Crippen molar-refractivity contribution in [3.8, 4) is 28.0 Å². The lowest BCUT2D eigenvalue weighted by atomic mass is 9.81. The van der Waals surface area contributed by atoms with Gasteiger partial charge in [0, 0.05) is 16.6 Å². The van der Waals surface area contributed by atoms with Crippen molar-refractivity contribution < 1.29 is 34.0 Å². The van der Waals surface area contributed by atoms with Crippen LogP contribution in [-0.4, -0.2) is 55.2 Å². The van der Waals surface area contributed by atoms with Gasteiger partial charge in [0.05, 0.1) is 33.0 Å². The first-order valence-electron chi connectivity index (χ1n) is 18.5. The maximum atomic E-state index is 12.1. The minimum absolute atomic E-state index is 0.114. The molecule has 0 amide bonds. The molecule has 0 aromatic heterocycles. The molecule has 4 rings (SSSR count). The number of aryl methyl sites for hydroxylation is 2. The molecule has 0 heterocycles. The van der Waals surface area contributed by atoms with Gasteiger partial charge < -0.3 is 24.4 Å². The molecule has 2 N–H and O–H groups in total. The summed E-state index contributed by atoms with van der Waals surface area (Å²) in [6.45, 7) is 13.3. The Hall–Kier alpha value is -4.20. The summed E-state index contributed by atoms with van der Waals surface area (Å²) < 4.78 is 17.5. The number of hydrogen-bond donors (Lipinski definition) is 2. The van der Waals surface area contributed by atoms with E-state index in [4.69, 9.17) is 14.2 Å². The van der Waals surface area contributed by atoms with Gasteiger partial charge in [0.25, 0.3) is 0 Å². The highest BCUT2D eigenvalue weighted by atomic mass is 16.5. The van der Waals surface area contributed by atoms with Crippen molar-refractivity contribution in [2.24, 2.45) is 5.41 Å². The number of rotatable bonds is 22. The molecule has 1 aliphatic rings. The molecule has 0 atom stereocenters. The summed E-state index contributed by atoms with van der Waals surface area (Å²) in [5, 5.41) is 20.6. The number of carbonyl (C=O) groups is 2. The zero-order valence-corrected chi connectivity index (χ0v) is 30.8. The number of aliphatic hydroxyl groups excluding tert-OH is 2. The fourth-order valence-electron chi connectivity index (χ4n) is 6.35. The lowest BCUT2D eigenvalue weighted by molar-refractivity contribution is -0.139. The molecule has 51 heavy (non-hydrogen) atoms. The molecule has 7 heteroatoms. The van der Waals surface area contributed by atoms with E-state index >= 15 is 0 Å². The van der Waals surface area contributed by atoms with Crippen molar-refractivity contribution in [1.29, 1.82) is 0 Å². The molecule has 1 aliphatic carbocycles. The van der Waals surface area contributed by atoms with Crippen LogP contribution in [0.3, 0.4) is 0 Å². The molecule has 1 saturated carbocycles. The van der Waals surface area contributed by atoms with Crippen LogP contribution in [0.1, 0.15) is 94.7 Å². The van der Waals surface area contributed by atoms with Crippen LogP contribution in [0.25, 0.3) is 22.3 Å². The molecular formula is C44H56O7. The Morgan fingerprint density at radius 2 is 1.33 bits per heavy atom. The van der Waals surface area contributed by atoms with Crippen LogP contribution >= 0.6 is 0 Å². The van der Waals surface area contributed by atoms with Crippen LogP contribution in [0.5, 0.6) is 5.75 Å². The molecule has 1 fully saturated rings. The van der Waals surface area contributed by atoms with E-state index in [-0.39, 0.29) is 26.4 Å². The molecule has 0 unspecified atom stereocenters. The Morgan fingerprint density at radius 3 is 1.84 bits per heavy atom. The predicted octanol–water partition coefficient (Wildman–Crippen LogP) is 8.93. The molecule has 3 aromatic carbocycles. The molecule has 274 valence electrons. The average Bonchev–Trinajstić information content (AvgIpc) is 3.99. The van der Waals surface area contributed by atoms with E-state index in [0.29, 0.717) is 62.2 Å². The number of ether oxygens (including phenoxy) is 3. The first-order chi connectivity index (χ1) is 24.6. The van der Waals surface area contributed by atoms with Crippen LogP contribution in [0.15, 0.2) is 85.0 Å². The summed E-state index contributed by atoms with van der Waals surface area (Å²) in [7, 11) is 0. The minimum atomic E-state index is -0.622.